The molecular formula is C7H13LiO. The van der Waals surface area contributed by atoms with Crippen LogP contribution in [0.1, 0.15) is 33.5 Å². The maximum absolute atomic E-state index is 10.2. The predicted octanol–water partition coefficient (Wildman–Crippen LogP) is -1.12. The molecule has 0 radical (unpaired) electrons. The zero-order valence-electron chi connectivity index (χ0n) is 7.10. The molecule has 1 rings (SSSR count). The molecule has 0 unspecified atom stereocenters. The summed E-state index contributed by atoms with van der Waals surface area (Å²) in [5.74, 6) is 0.406. The first-order valence-electron chi connectivity index (χ1n) is 3.39. The first-order chi connectivity index (χ1) is 3.93. The number of carbonyl (C=O) groups excluding carboxylic acids is 1. The Morgan fingerprint density at radius 3 is 2.11 bits per heavy atom. The molecule has 2 heteroatoms. The molecule has 0 aliphatic heterocycles. The van der Waals surface area contributed by atoms with Crippen molar-refractivity contribution < 1.29 is 25.1 Å². The summed E-state index contributed by atoms with van der Waals surface area (Å²) in [5.41, 5.74) is 0. The van der Waals surface area contributed by atoms with Crippen molar-refractivity contribution in [3.8, 4) is 0 Å². The second kappa shape index (κ2) is 5.08. The van der Waals surface area contributed by atoms with E-state index >= 15 is 0 Å². The fourth-order valence-electron chi connectivity index (χ4n) is 1.27. The third kappa shape index (κ3) is 3.08. The average Bonchev–Trinajstić information content (AvgIpc) is 1.90. The number of rotatable bonds is 1. The van der Waals surface area contributed by atoms with Gasteiger partial charge in [-0.2, -0.15) is 0 Å². The van der Waals surface area contributed by atoms with E-state index in [-0.39, 0.29) is 20.3 Å². The monoisotopic (exact) mass is 120 g/mol. The average molecular weight is 120 g/mol. The van der Waals surface area contributed by atoms with Crippen molar-refractivity contribution >= 4 is 6.29 Å². The van der Waals surface area contributed by atoms with E-state index in [1.807, 2.05) is 0 Å². The molecule has 1 aliphatic rings. The molecule has 1 aliphatic carbocycles. The molecule has 0 amide bonds. The first kappa shape index (κ1) is 9.27. The molecule has 48 valence electrons. The van der Waals surface area contributed by atoms with Gasteiger partial charge in [-0.25, -0.2) is 0 Å². The van der Waals surface area contributed by atoms with Crippen LogP contribution in [0, 0.1) is 5.92 Å². The van der Waals surface area contributed by atoms with Gasteiger partial charge in [0.25, 0.3) is 0 Å². The Kier molecular flexibility index (Phi) is 5.24. The minimum absolute atomic E-state index is 0. The molecule has 1 fully saturated rings. The van der Waals surface area contributed by atoms with Gasteiger partial charge < -0.3 is 6.22 Å². The topological polar surface area (TPSA) is 17.1 Å². The Morgan fingerprint density at radius 1 is 1.22 bits per heavy atom. The van der Waals surface area contributed by atoms with E-state index in [4.69, 9.17) is 0 Å². The van der Waals surface area contributed by atoms with E-state index in [1.54, 1.807) is 0 Å². The largest absolute Gasteiger partial charge is 1.00 e. The van der Waals surface area contributed by atoms with Crippen LogP contribution in [-0.2, 0) is 4.79 Å². The molecule has 0 saturated heterocycles. The summed E-state index contributed by atoms with van der Waals surface area (Å²) in [7, 11) is 0. The van der Waals surface area contributed by atoms with Crippen LogP contribution in [-0.4, -0.2) is 6.29 Å². The number of carbonyl (C=O) groups is 1. The van der Waals surface area contributed by atoms with Gasteiger partial charge in [-0.1, -0.05) is 19.3 Å². The second-order valence-electron chi connectivity index (χ2n) is 2.53. The maximum atomic E-state index is 10.2. The summed E-state index contributed by atoms with van der Waals surface area (Å²) in [6.45, 7) is 0. The van der Waals surface area contributed by atoms with Gasteiger partial charge in [0.1, 0.15) is 6.29 Å². The van der Waals surface area contributed by atoms with E-state index in [2.05, 4.69) is 0 Å². The van der Waals surface area contributed by atoms with Crippen LogP contribution in [0.4, 0.5) is 0 Å². The molecule has 0 aromatic carbocycles. The Hall–Kier alpha value is 0.267. The zero-order chi connectivity index (χ0) is 5.82. The fraction of sp³-hybridized carbons (Fsp3) is 0.857. The Bertz CT molecular complexity index is 81.7. The minimum atomic E-state index is 0. The molecule has 0 aromatic rings. The third-order valence-corrected chi connectivity index (χ3v) is 1.84. The summed E-state index contributed by atoms with van der Waals surface area (Å²) in [4.78, 5) is 10.2. The van der Waals surface area contributed by atoms with Gasteiger partial charge in [-0.3, -0.25) is 0 Å². The standard InChI is InChI=1S/C7H12O.Li.H/c8-6-7-4-2-1-3-5-7;;/h6-7H,1-5H2;;/q;+1;-1. The van der Waals surface area contributed by atoms with E-state index in [0.29, 0.717) is 5.92 Å². The van der Waals surface area contributed by atoms with Crippen LogP contribution in [0.25, 0.3) is 0 Å². The molecule has 0 bridgehead atoms. The van der Waals surface area contributed by atoms with Crippen LogP contribution in [0.15, 0.2) is 0 Å². The normalized spacial score (nSPS) is 20.4. The van der Waals surface area contributed by atoms with Crippen LogP contribution in [0.3, 0.4) is 0 Å². The quantitative estimate of drug-likeness (QED) is 0.316. The van der Waals surface area contributed by atoms with Gasteiger partial charge in [-0.05, 0) is 12.8 Å². The van der Waals surface area contributed by atoms with Crippen LogP contribution >= 0.6 is 0 Å². The molecule has 0 atom stereocenters. The van der Waals surface area contributed by atoms with Crippen molar-refractivity contribution in [1.29, 1.82) is 0 Å². The van der Waals surface area contributed by atoms with Crippen molar-refractivity contribution in [2.45, 2.75) is 32.1 Å². The van der Waals surface area contributed by atoms with Crippen molar-refractivity contribution in [3.63, 3.8) is 0 Å². The number of hydrogen-bond donors (Lipinski definition) is 0. The molecule has 0 N–H and O–H groups in total. The molecule has 1 nitrogen and oxygen atoms in total. The van der Waals surface area contributed by atoms with E-state index < -0.39 is 0 Å². The van der Waals surface area contributed by atoms with E-state index in [9.17, 15) is 4.79 Å². The summed E-state index contributed by atoms with van der Waals surface area (Å²) in [6, 6.07) is 0. The SMILES string of the molecule is O=CC1CCCCC1.[H-].[Li+]. The Balaban J connectivity index is 0. The number of hydrogen-bond acceptors (Lipinski definition) is 1. The molecule has 1 saturated carbocycles. The third-order valence-electron chi connectivity index (χ3n) is 1.84. The maximum Gasteiger partial charge on any atom is 1.00 e. The summed E-state index contributed by atoms with van der Waals surface area (Å²) in [6.07, 6.45) is 7.27. The molecule has 0 spiro atoms. The van der Waals surface area contributed by atoms with Crippen molar-refractivity contribution in [3.05, 3.63) is 0 Å². The Labute approximate surface area is 69.9 Å². The fourth-order valence-corrected chi connectivity index (χ4v) is 1.27. The van der Waals surface area contributed by atoms with Gasteiger partial charge in [0, 0.05) is 5.92 Å². The predicted molar refractivity (Wildman–Crippen MR) is 33.8 cm³/mol. The van der Waals surface area contributed by atoms with Gasteiger partial charge in [0.05, 0.1) is 0 Å². The van der Waals surface area contributed by atoms with Crippen LogP contribution in [0.5, 0.6) is 0 Å². The first-order valence-corrected chi connectivity index (χ1v) is 3.39. The number of aldehydes is 1. The van der Waals surface area contributed by atoms with Gasteiger partial charge in [0.2, 0.25) is 0 Å². The Morgan fingerprint density at radius 2 is 1.78 bits per heavy atom. The molecular weight excluding hydrogens is 107 g/mol. The van der Waals surface area contributed by atoms with Crippen molar-refractivity contribution in [1.82, 2.24) is 0 Å². The summed E-state index contributed by atoms with van der Waals surface area (Å²) < 4.78 is 0. The molecule has 0 heterocycles. The smallest absolute Gasteiger partial charge is 1.00 e. The summed E-state index contributed by atoms with van der Waals surface area (Å²) in [5, 5.41) is 0. The zero-order valence-corrected chi connectivity index (χ0v) is 6.10. The van der Waals surface area contributed by atoms with Crippen molar-refractivity contribution in [2.24, 2.45) is 5.92 Å². The van der Waals surface area contributed by atoms with Crippen LogP contribution < -0.4 is 18.9 Å². The van der Waals surface area contributed by atoms with E-state index in [1.165, 1.54) is 19.3 Å². The van der Waals surface area contributed by atoms with Crippen molar-refractivity contribution in [2.75, 3.05) is 0 Å². The molecule has 9 heavy (non-hydrogen) atoms. The van der Waals surface area contributed by atoms with Gasteiger partial charge in [0.15, 0.2) is 0 Å². The van der Waals surface area contributed by atoms with Gasteiger partial charge >= 0.3 is 18.9 Å². The second-order valence-corrected chi connectivity index (χ2v) is 2.53. The van der Waals surface area contributed by atoms with Gasteiger partial charge in [-0.15, -0.1) is 0 Å². The van der Waals surface area contributed by atoms with Crippen LogP contribution in [0.2, 0.25) is 0 Å². The minimum Gasteiger partial charge on any atom is -1.00 e. The van der Waals surface area contributed by atoms with E-state index in [0.717, 1.165) is 19.1 Å². The molecule has 0 aromatic heterocycles. The summed E-state index contributed by atoms with van der Waals surface area (Å²) >= 11 is 0.